The van der Waals surface area contributed by atoms with Crippen molar-refractivity contribution in [1.82, 2.24) is 15.0 Å². The van der Waals surface area contributed by atoms with Crippen molar-refractivity contribution in [3.63, 3.8) is 0 Å². The summed E-state index contributed by atoms with van der Waals surface area (Å²) in [4.78, 5) is 34.5. The molecule has 0 atom stereocenters. The molecule has 34 heavy (non-hydrogen) atoms. The molecule has 14 heteroatoms. The summed E-state index contributed by atoms with van der Waals surface area (Å²) in [6.45, 7) is 3.70. The Morgan fingerprint density at radius 1 is 0.912 bits per heavy atom. The topological polar surface area (TPSA) is 91.3 Å². The van der Waals surface area contributed by atoms with E-state index in [9.17, 15) is 22.8 Å². The van der Waals surface area contributed by atoms with Gasteiger partial charge >= 0.3 is 18.1 Å². The number of hydrogen-bond donors (Lipinski definition) is 0. The predicted molar refractivity (Wildman–Crippen MR) is 128 cm³/mol. The van der Waals surface area contributed by atoms with Crippen LogP contribution in [0.5, 0.6) is 0 Å². The average Bonchev–Trinajstić information content (AvgIpc) is 3.36. The van der Waals surface area contributed by atoms with Gasteiger partial charge in [-0.25, -0.2) is 19.6 Å². The third-order valence-corrected chi connectivity index (χ3v) is 6.88. The molecule has 3 rings (SSSR count). The van der Waals surface area contributed by atoms with Gasteiger partial charge in [-0.15, -0.1) is 0 Å². The molecule has 0 saturated heterocycles. The molecule has 0 radical (unpaired) electrons. The largest absolute Gasteiger partial charge is 0.462 e. The minimum atomic E-state index is -4.65. The lowest BCUT2D eigenvalue weighted by Crippen LogP contribution is -2.13. The van der Waals surface area contributed by atoms with Gasteiger partial charge in [0.05, 0.1) is 18.9 Å². The van der Waals surface area contributed by atoms with Gasteiger partial charge in [0.2, 0.25) is 0 Å². The third-order valence-electron chi connectivity index (χ3n) is 3.86. The fourth-order valence-electron chi connectivity index (χ4n) is 2.48. The number of ether oxygens (including phenoxy) is 2. The first kappa shape index (κ1) is 28.3. The molecule has 0 fully saturated rings. The summed E-state index contributed by atoms with van der Waals surface area (Å²) in [5.74, 6) is -1.30. The van der Waals surface area contributed by atoms with Crippen LogP contribution in [0, 0.1) is 0 Å². The molecular weight excluding hydrogens is 627 g/mol. The lowest BCUT2D eigenvalue weighted by atomic mass is 10.1. The predicted octanol–water partition coefficient (Wildman–Crippen LogP) is 6.36. The summed E-state index contributed by atoms with van der Waals surface area (Å²) in [5, 5.41) is 0. The van der Waals surface area contributed by atoms with E-state index in [0.717, 1.165) is 12.1 Å². The average molecular weight is 645 g/mol. The highest BCUT2D eigenvalue weighted by Crippen LogP contribution is 2.36. The number of carbonyl (C=O) groups excluding carboxylic acids is 2. The van der Waals surface area contributed by atoms with Crippen molar-refractivity contribution in [2.45, 2.75) is 32.9 Å². The highest BCUT2D eigenvalue weighted by Gasteiger charge is 2.39. The van der Waals surface area contributed by atoms with Gasteiger partial charge in [0.15, 0.2) is 13.5 Å². The minimum absolute atomic E-state index is 0.00196. The summed E-state index contributed by atoms with van der Waals surface area (Å²) in [6.07, 6.45) is 0.410. The van der Waals surface area contributed by atoms with Crippen molar-refractivity contribution in [2.75, 3.05) is 13.2 Å². The van der Waals surface area contributed by atoms with Crippen LogP contribution in [0.1, 0.15) is 50.1 Å². The monoisotopic (exact) mass is 643 g/mol. The standard InChI is InChI=1S/C13H13BrN2O2S.C7H5BrF3NO2S/c1-2-18-12(17)11-10(16-13(14)19-11)4-3-9-5-7-15-8-6-9;1-2-14-5(13)3-4(7(9,10)11)12-6(8)15-3/h5-8H,2-4H2,1H3;2H2,1H3. The van der Waals surface area contributed by atoms with Crippen molar-refractivity contribution < 1.29 is 32.2 Å². The lowest BCUT2D eigenvalue weighted by Gasteiger charge is -2.04. The molecule has 0 aliphatic heterocycles. The Labute approximate surface area is 218 Å². The summed E-state index contributed by atoms with van der Waals surface area (Å²) in [7, 11) is 0. The van der Waals surface area contributed by atoms with E-state index >= 15 is 0 Å². The summed E-state index contributed by atoms with van der Waals surface area (Å²) < 4.78 is 47.4. The first-order valence-corrected chi connectivity index (χ1v) is 12.9. The van der Waals surface area contributed by atoms with Crippen LogP contribution < -0.4 is 0 Å². The molecule has 0 aliphatic carbocycles. The fourth-order valence-corrected chi connectivity index (χ4v) is 5.28. The SMILES string of the molecule is CCOC(=O)c1sc(Br)nc1C(F)(F)F.CCOC(=O)c1sc(Br)nc1CCc1ccncc1. The summed E-state index contributed by atoms with van der Waals surface area (Å²) in [5.41, 5.74) is 0.749. The molecule has 0 saturated carbocycles. The summed E-state index contributed by atoms with van der Waals surface area (Å²) in [6, 6.07) is 3.93. The maximum absolute atomic E-state index is 12.4. The number of halogens is 5. The molecule has 184 valence electrons. The van der Waals surface area contributed by atoms with E-state index in [1.165, 1.54) is 23.8 Å². The van der Waals surface area contributed by atoms with E-state index in [1.807, 2.05) is 12.1 Å². The second-order valence-electron chi connectivity index (χ2n) is 6.18. The van der Waals surface area contributed by atoms with Gasteiger partial charge in [-0.05, 0) is 76.2 Å². The number of carbonyl (C=O) groups is 2. The molecule has 7 nitrogen and oxygen atoms in total. The molecule has 0 aliphatic rings. The van der Waals surface area contributed by atoms with Crippen molar-refractivity contribution in [3.05, 3.63) is 59.1 Å². The Hall–Kier alpha value is -1.90. The Bertz CT molecular complexity index is 1110. The van der Waals surface area contributed by atoms with Crippen molar-refractivity contribution in [1.29, 1.82) is 0 Å². The van der Waals surface area contributed by atoms with Crippen LogP contribution in [-0.2, 0) is 28.5 Å². The number of rotatable bonds is 7. The molecule has 0 unspecified atom stereocenters. The van der Waals surface area contributed by atoms with Crippen LogP contribution in [0.4, 0.5) is 13.2 Å². The number of nitrogens with zero attached hydrogens (tertiary/aromatic N) is 3. The van der Waals surface area contributed by atoms with Crippen molar-refractivity contribution in [2.24, 2.45) is 0 Å². The molecule has 3 aromatic rings. The maximum atomic E-state index is 12.4. The molecule has 3 aromatic heterocycles. The zero-order valence-electron chi connectivity index (χ0n) is 17.8. The number of pyridine rings is 1. The van der Waals surface area contributed by atoms with Crippen molar-refractivity contribution >= 4 is 66.5 Å². The lowest BCUT2D eigenvalue weighted by molar-refractivity contribution is -0.141. The van der Waals surface area contributed by atoms with Crippen LogP contribution in [0.25, 0.3) is 0 Å². The first-order chi connectivity index (χ1) is 16.1. The molecule has 0 N–H and O–H groups in total. The van der Waals surface area contributed by atoms with E-state index in [4.69, 9.17) is 4.74 Å². The Morgan fingerprint density at radius 2 is 1.44 bits per heavy atom. The van der Waals surface area contributed by atoms with Gasteiger partial charge in [0.1, 0.15) is 9.75 Å². The zero-order chi connectivity index (χ0) is 25.3. The minimum Gasteiger partial charge on any atom is -0.462 e. The second-order valence-corrected chi connectivity index (χ2v) is 10.7. The number of aryl methyl sites for hydroxylation is 2. The number of alkyl halides is 3. The quantitative estimate of drug-likeness (QED) is 0.276. The first-order valence-electron chi connectivity index (χ1n) is 9.68. The Balaban J connectivity index is 0.000000248. The number of thiazole rings is 2. The molecule has 3 heterocycles. The zero-order valence-corrected chi connectivity index (χ0v) is 22.6. The van der Waals surface area contributed by atoms with E-state index in [-0.39, 0.29) is 16.5 Å². The molecular formula is C20H18Br2F3N3O4S2. The van der Waals surface area contributed by atoms with E-state index < -0.39 is 22.7 Å². The van der Waals surface area contributed by atoms with Gasteiger partial charge in [-0.1, -0.05) is 22.7 Å². The summed E-state index contributed by atoms with van der Waals surface area (Å²) >= 11 is 8.03. The fraction of sp³-hybridized carbons (Fsp3) is 0.350. The number of esters is 2. The van der Waals surface area contributed by atoms with Crippen LogP contribution in [0.2, 0.25) is 0 Å². The smallest absolute Gasteiger partial charge is 0.435 e. The second kappa shape index (κ2) is 13.3. The van der Waals surface area contributed by atoms with Crippen LogP contribution in [-0.4, -0.2) is 40.1 Å². The van der Waals surface area contributed by atoms with Crippen LogP contribution >= 0.6 is 54.5 Å². The van der Waals surface area contributed by atoms with Crippen LogP contribution in [0.3, 0.4) is 0 Å². The van der Waals surface area contributed by atoms with Gasteiger partial charge < -0.3 is 9.47 Å². The Morgan fingerprint density at radius 3 is 2.00 bits per heavy atom. The van der Waals surface area contributed by atoms with Crippen LogP contribution in [0.15, 0.2) is 32.4 Å². The van der Waals surface area contributed by atoms with Gasteiger partial charge in [-0.2, -0.15) is 13.2 Å². The molecule has 0 amide bonds. The number of hydrogen-bond acceptors (Lipinski definition) is 9. The Kier molecular flexibility index (Phi) is 11.1. The maximum Gasteiger partial charge on any atom is 0.435 e. The number of aromatic nitrogens is 3. The molecule has 0 spiro atoms. The highest BCUT2D eigenvalue weighted by atomic mass is 79.9. The highest BCUT2D eigenvalue weighted by molar-refractivity contribution is 9.11. The van der Waals surface area contributed by atoms with Gasteiger partial charge in [-0.3, -0.25) is 4.98 Å². The van der Waals surface area contributed by atoms with E-state index in [2.05, 4.69) is 51.5 Å². The molecule has 0 aromatic carbocycles. The normalized spacial score (nSPS) is 10.9. The molecule has 0 bridgehead atoms. The third kappa shape index (κ3) is 8.40. The van der Waals surface area contributed by atoms with Gasteiger partial charge in [0.25, 0.3) is 0 Å². The van der Waals surface area contributed by atoms with Gasteiger partial charge in [0, 0.05) is 12.4 Å². The van der Waals surface area contributed by atoms with E-state index in [0.29, 0.717) is 33.2 Å². The van der Waals surface area contributed by atoms with E-state index in [1.54, 1.807) is 19.3 Å². The van der Waals surface area contributed by atoms with Crippen molar-refractivity contribution in [3.8, 4) is 0 Å².